The van der Waals surface area contributed by atoms with Crippen LogP contribution in [-0.4, -0.2) is 73.2 Å². The molecular formula is C21H40N4O2S. The monoisotopic (exact) mass is 412 g/mol. The van der Waals surface area contributed by atoms with Crippen LogP contribution in [0.1, 0.15) is 59.3 Å². The van der Waals surface area contributed by atoms with Crippen LogP contribution in [0.2, 0.25) is 0 Å². The average Bonchev–Trinajstić information content (AvgIpc) is 2.73. The Bertz CT molecular complexity index is 491. The number of likely N-dealkylation sites (tertiary alicyclic amines) is 1. The quantitative estimate of drug-likeness (QED) is 0.474. The highest BCUT2D eigenvalue weighted by molar-refractivity contribution is 8.00. The molecule has 0 aliphatic carbocycles. The van der Waals surface area contributed by atoms with Gasteiger partial charge in [0.15, 0.2) is 5.96 Å². The number of amides is 1. The first-order valence-electron chi connectivity index (χ1n) is 11.0. The maximum absolute atomic E-state index is 12.6. The van der Waals surface area contributed by atoms with Crippen LogP contribution >= 0.6 is 11.8 Å². The van der Waals surface area contributed by atoms with Crippen LogP contribution in [0.25, 0.3) is 0 Å². The third-order valence-corrected chi connectivity index (χ3v) is 7.59. The Hall–Kier alpha value is -0.950. The van der Waals surface area contributed by atoms with Crippen LogP contribution in [0.15, 0.2) is 4.99 Å². The summed E-state index contributed by atoms with van der Waals surface area (Å²) in [6.07, 6.45) is 6.02. The largest absolute Gasteiger partial charge is 0.381 e. The van der Waals surface area contributed by atoms with E-state index < -0.39 is 0 Å². The third kappa shape index (κ3) is 6.55. The minimum Gasteiger partial charge on any atom is -0.381 e. The van der Waals surface area contributed by atoms with E-state index in [2.05, 4.69) is 41.3 Å². The highest BCUT2D eigenvalue weighted by Gasteiger charge is 2.33. The molecule has 2 saturated heterocycles. The number of thioether (sulfide) groups is 1. The summed E-state index contributed by atoms with van der Waals surface area (Å²) in [5, 5.41) is 7.15. The molecule has 0 bridgehead atoms. The van der Waals surface area contributed by atoms with E-state index in [1.165, 1.54) is 0 Å². The molecule has 2 aliphatic heterocycles. The van der Waals surface area contributed by atoms with Gasteiger partial charge in [0.2, 0.25) is 5.91 Å². The van der Waals surface area contributed by atoms with Crippen molar-refractivity contribution in [3.63, 3.8) is 0 Å². The van der Waals surface area contributed by atoms with Gasteiger partial charge in [-0.25, -0.2) is 0 Å². The van der Waals surface area contributed by atoms with Crippen LogP contribution < -0.4 is 10.6 Å². The number of ether oxygens (including phenoxy) is 1. The summed E-state index contributed by atoms with van der Waals surface area (Å²) < 4.78 is 5.81. The maximum Gasteiger partial charge on any atom is 0.225 e. The summed E-state index contributed by atoms with van der Waals surface area (Å²) in [6.45, 7) is 10.8. The van der Waals surface area contributed by atoms with Gasteiger partial charge in [-0.05, 0) is 44.3 Å². The lowest BCUT2D eigenvalue weighted by Gasteiger charge is -2.38. The van der Waals surface area contributed by atoms with Gasteiger partial charge in [-0.15, -0.1) is 0 Å². The summed E-state index contributed by atoms with van der Waals surface area (Å²) in [4.78, 5) is 19.1. The fourth-order valence-electron chi connectivity index (χ4n) is 4.19. The molecule has 2 fully saturated rings. The van der Waals surface area contributed by atoms with Gasteiger partial charge >= 0.3 is 0 Å². The van der Waals surface area contributed by atoms with Gasteiger partial charge in [0.25, 0.3) is 0 Å². The van der Waals surface area contributed by atoms with Crippen LogP contribution in [-0.2, 0) is 9.53 Å². The molecule has 1 amide bonds. The number of carbonyl (C=O) groups is 1. The van der Waals surface area contributed by atoms with Gasteiger partial charge in [-0.2, -0.15) is 11.8 Å². The van der Waals surface area contributed by atoms with Crippen LogP contribution in [0.5, 0.6) is 0 Å². The number of piperidine rings is 1. The Morgan fingerprint density at radius 3 is 2.39 bits per heavy atom. The number of nitrogens with one attached hydrogen (secondary N) is 2. The predicted molar refractivity (Wildman–Crippen MR) is 119 cm³/mol. The van der Waals surface area contributed by atoms with Crippen molar-refractivity contribution >= 4 is 23.6 Å². The first-order valence-corrected chi connectivity index (χ1v) is 12.0. The van der Waals surface area contributed by atoms with Crippen molar-refractivity contribution in [1.29, 1.82) is 0 Å². The van der Waals surface area contributed by atoms with Gasteiger partial charge < -0.3 is 20.3 Å². The number of carbonyl (C=O) groups excluding carboxylic acids is 1. The molecule has 28 heavy (non-hydrogen) atoms. The van der Waals surface area contributed by atoms with E-state index in [0.29, 0.717) is 11.9 Å². The highest BCUT2D eigenvalue weighted by Crippen LogP contribution is 2.34. The van der Waals surface area contributed by atoms with Gasteiger partial charge in [0.05, 0.1) is 0 Å². The molecule has 2 N–H and O–H groups in total. The number of guanidine groups is 1. The lowest BCUT2D eigenvalue weighted by Crippen LogP contribution is -2.53. The van der Waals surface area contributed by atoms with E-state index in [1.54, 1.807) is 0 Å². The van der Waals surface area contributed by atoms with Crippen molar-refractivity contribution in [2.45, 2.75) is 70.1 Å². The van der Waals surface area contributed by atoms with E-state index >= 15 is 0 Å². The molecule has 0 spiro atoms. The molecule has 6 nitrogen and oxygen atoms in total. The minimum atomic E-state index is 0.186. The molecule has 0 aromatic rings. The molecule has 0 unspecified atom stereocenters. The molecule has 2 rings (SSSR count). The number of hydrogen-bond acceptors (Lipinski definition) is 4. The van der Waals surface area contributed by atoms with Crippen LogP contribution in [0.4, 0.5) is 0 Å². The topological polar surface area (TPSA) is 66.0 Å². The fraction of sp³-hybridized carbons (Fsp3) is 0.905. The van der Waals surface area contributed by atoms with Crippen LogP contribution in [0, 0.1) is 5.92 Å². The molecular weight excluding hydrogens is 372 g/mol. The van der Waals surface area contributed by atoms with E-state index in [9.17, 15) is 4.79 Å². The Labute approximate surface area is 175 Å². The summed E-state index contributed by atoms with van der Waals surface area (Å²) >= 11 is 2.04. The number of rotatable bonds is 8. The van der Waals surface area contributed by atoms with Gasteiger partial charge in [0.1, 0.15) is 0 Å². The zero-order valence-corrected chi connectivity index (χ0v) is 19.1. The molecule has 162 valence electrons. The second-order valence-electron chi connectivity index (χ2n) is 7.91. The standard InChI is InChI=1S/C21H40N4O2S/c1-5-17(6-2)19(26)25-12-8-18(9-13-25)24-20(22-4)23-16-21(28-7-3)10-14-27-15-11-21/h17-18H,5-16H2,1-4H3,(H2,22,23,24). The number of aliphatic imine (C=N–C) groups is 1. The zero-order valence-electron chi connectivity index (χ0n) is 18.3. The Morgan fingerprint density at radius 1 is 1.21 bits per heavy atom. The molecule has 7 heteroatoms. The van der Waals surface area contributed by atoms with Crippen molar-refractivity contribution in [2.24, 2.45) is 10.9 Å². The SMILES string of the molecule is CCSC1(CNC(=NC)NC2CCN(C(=O)C(CC)CC)CC2)CCOCC1. The molecule has 0 radical (unpaired) electrons. The first kappa shape index (κ1) is 23.3. The van der Waals surface area contributed by atoms with Crippen LogP contribution in [0.3, 0.4) is 0 Å². The summed E-state index contributed by atoms with van der Waals surface area (Å²) in [5.41, 5.74) is 0. The normalized spacial score (nSPS) is 21.0. The van der Waals surface area contributed by atoms with Crippen molar-refractivity contribution in [3.8, 4) is 0 Å². The summed E-state index contributed by atoms with van der Waals surface area (Å²) in [5.74, 6) is 2.53. The second-order valence-corrected chi connectivity index (χ2v) is 9.64. The van der Waals surface area contributed by atoms with E-state index in [1.807, 2.05) is 18.8 Å². The van der Waals surface area contributed by atoms with Crippen molar-refractivity contribution in [3.05, 3.63) is 0 Å². The maximum atomic E-state index is 12.6. The van der Waals surface area contributed by atoms with E-state index in [4.69, 9.17) is 4.74 Å². The molecule has 0 saturated carbocycles. The van der Waals surface area contributed by atoms with Crippen molar-refractivity contribution in [2.75, 3.05) is 45.6 Å². The van der Waals surface area contributed by atoms with Gasteiger partial charge in [0, 0.05) is 56.6 Å². The highest BCUT2D eigenvalue weighted by atomic mass is 32.2. The van der Waals surface area contributed by atoms with E-state index in [-0.39, 0.29) is 10.7 Å². The lowest BCUT2D eigenvalue weighted by molar-refractivity contribution is -0.136. The third-order valence-electron chi connectivity index (χ3n) is 6.14. The second kappa shape index (κ2) is 11.9. The lowest BCUT2D eigenvalue weighted by atomic mass is 9.98. The predicted octanol–water partition coefficient (Wildman–Crippen LogP) is 2.88. The molecule has 0 aromatic carbocycles. The summed E-state index contributed by atoms with van der Waals surface area (Å²) in [6, 6.07) is 0.376. The molecule has 2 aliphatic rings. The first-order chi connectivity index (χ1) is 13.6. The van der Waals surface area contributed by atoms with Gasteiger partial charge in [-0.1, -0.05) is 20.8 Å². The Balaban J connectivity index is 1.80. The average molecular weight is 413 g/mol. The van der Waals surface area contributed by atoms with Crippen molar-refractivity contribution < 1.29 is 9.53 Å². The minimum absolute atomic E-state index is 0.186. The Morgan fingerprint density at radius 2 is 1.86 bits per heavy atom. The van der Waals surface area contributed by atoms with Crippen molar-refractivity contribution in [1.82, 2.24) is 15.5 Å². The number of nitrogens with zero attached hydrogens (tertiary/aromatic N) is 2. The van der Waals surface area contributed by atoms with Gasteiger partial charge in [-0.3, -0.25) is 9.79 Å². The summed E-state index contributed by atoms with van der Waals surface area (Å²) in [7, 11) is 1.84. The van der Waals surface area contributed by atoms with E-state index in [0.717, 1.165) is 83.1 Å². The molecule has 0 aromatic heterocycles. The smallest absolute Gasteiger partial charge is 0.225 e. The molecule has 0 atom stereocenters. The number of hydrogen-bond donors (Lipinski definition) is 2. The fourth-order valence-corrected chi connectivity index (χ4v) is 5.44. The molecule has 2 heterocycles. The Kier molecular flexibility index (Phi) is 9.92. The zero-order chi connectivity index (χ0) is 20.4.